The summed E-state index contributed by atoms with van der Waals surface area (Å²) in [5.41, 5.74) is 7.48. The number of halogens is 3. The van der Waals surface area contributed by atoms with Crippen LogP contribution in [-0.4, -0.2) is 55.8 Å². The zero-order valence-electron chi connectivity index (χ0n) is 28.9. The number of carboxylic acid groups (broad SMARTS) is 1. The highest BCUT2D eigenvalue weighted by molar-refractivity contribution is 5.94. The van der Waals surface area contributed by atoms with E-state index in [1.807, 2.05) is 18.2 Å². The maximum atomic E-state index is 15.4. The standard InChI is InChI=1S/C38H40F3N7O4/c1-3-23-15-25(10-8-22(23)2)44-34-19-35(49)47(38(42)45-34)14-5-4-12-46-13-6-7-26(46)20-43-31-18-33-27(17-29(31)40)36(50)28(37(51)52)21-48(33)32-11-9-24(39)16-30(32)41/h8-11,15-19,21,26,43-44H,3-7,12-14,20H2,1-2H3,(H2,42,45)(H,51,52). The number of carboxylic acids is 1. The normalized spacial score (nSPS) is 14.6. The number of nitrogens with two attached hydrogens (primary N) is 1. The molecule has 0 saturated carbocycles. The van der Waals surface area contributed by atoms with Crippen LogP contribution in [0.15, 0.2) is 70.4 Å². The third kappa shape index (κ3) is 7.66. The van der Waals surface area contributed by atoms with Gasteiger partial charge in [-0.2, -0.15) is 4.98 Å². The van der Waals surface area contributed by atoms with E-state index in [0.29, 0.717) is 31.4 Å². The van der Waals surface area contributed by atoms with Crippen LogP contribution in [-0.2, 0) is 13.0 Å². The highest BCUT2D eigenvalue weighted by atomic mass is 19.1. The van der Waals surface area contributed by atoms with E-state index < -0.39 is 34.4 Å². The van der Waals surface area contributed by atoms with Crippen LogP contribution in [0, 0.1) is 24.4 Å². The van der Waals surface area contributed by atoms with Crippen molar-refractivity contribution in [1.82, 2.24) is 19.0 Å². The number of anilines is 4. The smallest absolute Gasteiger partial charge is 0.341 e. The lowest BCUT2D eigenvalue weighted by atomic mass is 10.1. The number of likely N-dealkylation sites (tertiary alicyclic amines) is 1. The van der Waals surface area contributed by atoms with E-state index in [9.17, 15) is 28.3 Å². The molecular formula is C38H40F3N7O4. The van der Waals surface area contributed by atoms with Crippen molar-refractivity contribution in [2.24, 2.45) is 0 Å². The minimum Gasteiger partial charge on any atom is -0.477 e. The van der Waals surface area contributed by atoms with Crippen molar-refractivity contribution in [3.8, 4) is 5.69 Å². The highest BCUT2D eigenvalue weighted by Gasteiger charge is 2.25. The Kier molecular flexibility index (Phi) is 10.7. The first kappa shape index (κ1) is 36.2. The SMILES string of the molecule is CCc1cc(Nc2cc(=O)n(CCCCN3CCCC3CNc3cc4c(cc3F)c(=O)c(C(=O)O)cn4-c3ccc(F)cc3F)c(N)n2)ccc1C. The molecule has 0 bridgehead atoms. The molecule has 272 valence electrons. The van der Waals surface area contributed by atoms with Gasteiger partial charge in [-0.15, -0.1) is 0 Å². The van der Waals surface area contributed by atoms with Crippen LogP contribution in [0.5, 0.6) is 0 Å². The van der Waals surface area contributed by atoms with E-state index in [4.69, 9.17) is 5.73 Å². The summed E-state index contributed by atoms with van der Waals surface area (Å²) >= 11 is 0. The van der Waals surface area contributed by atoms with E-state index in [0.717, 1.165) is 73.4 Å². The summed E-state index contributed by atoms with van der Waals surface area (Å²) in [6, 6.07) is 12.5. The average Bonchev–Trinajstić information content (AvgIpc) is 3.55. The van der Waals surface area contributed by atoms with Crippen molar-refractivity contribution in [1.29, 1.82) is 0 Å². The molecule has 1 aliphatic heterocycles. The number of pyridine rings is 1. The molecule has 1 fully saturated rings. The van der Waals surface area contributed by atoms with Crippen LogP contribution < -0.4 is 27.4 Å². The molecule has 1 atom stereocenters. The van der Waals surface area contributed by atoms with Gasteiger partial charge in [0.05, 0.1) is 16.9 Å². The summed E-state index contributed by atoms with van der Waals surface area (Å²) in [5, 5.41) is 15.6. The van der Waals surface area contributed by atoms with E-state index in [1.54, 1.807) is 0 Å². The zero-order chi connectivity index (χ0) is 37.1. The summed E-state index contributed by atoms with van der Waals surface area (Å²) in [4.78, 5) is 44.4. The number of hydrogen-bond acceptors (Lipinski definition) is 8. The minimum atomic E-state index is -1.56. The Morgan fingerprint density at radius 1 is 1.02 bits per heavy atom. The van der Waals surface area contributed by atoms with Gasteiger partial charge in [-0.05, 0) is 99.6 Å². The van der Waals surface area contributed by atoms with Crippen molar-refractivity contribution >= 4 is 40.0 Å². The Morgan fingerprint density at radius 2 is 1.81 bits per heavy atom. The fourth-order valence-electron chi connectivity index (χ4n) is 6.83. The number of unbranched alkanes of at least 4 members (excludes halogenated alkanes) is 1. The van der Waals surface area contributed by atoms with Gasteiger partial charge in [0, 0.05) is 48.5 Å². The summed E-state index contributed by atoms with van der Waals surface area (Å²) < 4.78 is 46.5. The van der Waals surface area contributed by atoms with E-state index >= 15 is 4.39 Å². The molecule has 0 radical (unpaired) electrons. The Hall–Kier alpha value is -5.63. The number of nitrogen functional groups attached to an aromatic ring is 1. The largest absolute Gasteiger partial charge is 0.477 e. The first-order chi connectivity index (χ1) is 24.9. The molecule has 5 N–H and O–H groups in total. The molecule has 3 aromatic carbocycles. The number of nitrogens with one attached hydrogen (secondary N) is 2. The van der Waals surface area contributed by atoms with Crippen LogP contribution in [0.4, 0.5) is 36.3 Å². The molecule has 2 aromatic heterocycles. The van der Waals surface area contributed by atoms with Crippen LogP contribution in [0.2, 0.25) is 0 Å². The molecule has 0 amide bonds. The molecule has 11 nitrogen and oxygen atoms in total. The third-order valence-corrected chi connectivity index (χ3v) is 9.64. The molecule has 1 unspecified atom stereocenters. The van der Waals surface area contributed by atoms with Crippen LogP contribution in [0.1, 0.15) is 54.1 Å². The first-order valence-electron chi connectivity index (χ1n) is 17.2. The Morgan fingerprint density at radius 3 is 2.54 bits per heavy atom. The summed E-state index contributed by atoms with van der Waals surface area (Å²) in [7, 11) is 0. The lowest BCUT2D eigenvalue weighted by Crippen LogP contribution is -2.36. The Balaban J connectivity index is 1.10. The van der Waals surface area contributed by atoms with E-state index in [-0.39, 0.29) is 39.8 Å². The van der Waals surface area contributed by atoms with Gasteiger partial charge in [0.15, 0.2) is 0 Å². The molecule has 0 aliphatic carbocycles. The van der Waals surface area contributed by atoms with Gasteiger partial charge in [-0.1, -0.05) is 13.0 Å². The van der Waals surface area contributed by atoms with Crippen molar-refractivity contribution in [3.05, 3.63) is 116 Å². The molecular weight excluding hydrogens is 675 g/mol. The Labute approximate surface area is 297 Å². The number of nitrogens with zero attached hydrogens (tertiary/aromatic N) is 4. The fourth-order valence-corrected chi connectivity index (χ4v) is 6.83. The predicted octanol–water partition coefficient (Wildman–Crippen LogP) is 6.22. The first-order valence-corrected chi connectivity index (χ1v) is 17.2. The zero-order valence-corrected chi connectivity index (χ0v) is 28.9. The number of aromatic carboxylic acids is 1. The van der Waals surface area contributed by atoms with Crippen molar-refractivity contribution in [2.75, 3.05) is 36.0 Å². The number of aromatic nitrogens is 3. The lowest BCUT2D eigenvalue weighted by molar-refractivity contribution is 0.0695. The average molecular weight is 716 g/mol. The number of hydrogen-bond donors (Lipinski definition) is 4. The Bertz CT molecular complexity index is 2270. The van der Waals surface area contributed by atoms with Gasteiger partial charge in [-0.25, -0.2) is 18.0 Å². The molecule has 6 rings (SSSR count). The summed E-state index contributed by atoms with van der Waals surface area (Å²) in [6.07, 6.45) is 5.11. The van der Waals surface area contributed by atoms with Gasteiger partial charge in [0.2, 0.25) is 11.4 Å². The van der Waals surface area contributed by atoms with Crippen LogP contribution in [0.3, 0.4) is 0 Å². The molecule has 1 aliphatic rings. The number of benzene rings is 3. The van der Waals surface area contributed by atoms with Gasteiger partial charge in [0.25, 0.3) is 5.56 Å². The molecule has 14 heteroatoms. The molecule has 1 saturated heterocycles. The van der Waals surface area contributed by atoms with E-state index in [2.05, 4.69) is 34.4 Å². The predicted molar refractivity (Wildman–Crippen MR) is 195 cm³/mol. The second-order valence-electron chi connectivity index (χ2n) is 13.0. The number of rotatable bonds is 13. The number of fused-ring (bicyclic) bond motifs is 1. The monoisotopic (exact) mass is 715 g/mol. The van der Waals surface area contributed by atoms with Crippen molar-refractivity contribution in [3.63, 3.8) is 0 Å². The summed E-state index contributed by atoms with van der Waals surface area (Å²) in [5.74, 6) is -3.64. The fraction of sp³-hybridized carbons (Fsp3) is 0.316. The third-order valence-electron chi connectivity index (χ3n) is 9.64. The molecule has 3 heterocycles. The van der Waals surface area contributed by atoms with Crippen LogP contribution >= 0.6 is 0 Å². The maximum absolute atomic E-state index is 15.4. The van der Waals surface area contributed by atoms with Crippen molar-refractivity contribution < 1.29 is 23.1 Å². The minimum absolute atomic E-state index is 0.0477. The van der Waals surface area contributed by atoms with Crippen LogP contribution in [0.25, 0.3) is 16.6 Å². The maximum Gasteiger partial charge on any atom is 0.341 e. The van der Waals surface area contributed by atoms with Gasteiger partial charge < -0.3 is 26.0 Å². The van der Waals surface area contributed by atoms with E-state index in [1.165, 1.54) is 27.8 Å². The van der Waals surface area contributed by atoms with Gasteiger partial charge in [0.1, 0.15) is 28.8 Å². The summed E-state index contributed by atoms with van der Waals surface area (Å²) in [6.45, 7) is 6.50. The number of aryl methyl sites for hydroxylation is 2. The topological polar surface area (TPSA) is 148 Å². The molecule has 0 spiro atoms. The number of carbonyl (C=O) groups is 1. The molecule has 52 heavy (non-hydrogen) atoms. The van der Waals surface area contributed by atoms with Gasteiger partial charge in [-0.3, -0.25) is 19.1 Å². The second kappa shape index (κ2) is 15.3. The second-order valence-corrected chi connectivity index (χ2v) is 13.0. The molecule has 5 aromatic rings. The van der Waals surface area contributed by atoms with Gasteiger partial charge >= 0.3 is 5.97 Å². The highest BCUT2D eigenvalue weighted by Crippen LogP contribution is 2.27. The lowest BCUT2D eigenvalue weighted by Gasteiger charge is -2.25. The van der Waals surface area contributed by atoms with Crippen molar-refractivity contribution in [2.45, 2.75) is 58.5 Å². The quantitative estimate of drug-likeness (QED) is 0.104.